The fourth-order valence-corrected chi connectivity index (χ4v) is 3.41. The molecule has 1 heterocycles. The zero-order valence-corrected chi connectivity index (χ0v) is 16.0. The molecule has 3 aromatic rings. The second-order valence-corrected chi connectivity index (χ2v) is 7.05. The maximum absolute atomic E-state index is 12.8. The van der Waals surface area contributed by atoms with Crippen LogP contribution in [0.1, 0.15) is 21.9 Å². The Morgan fingerprint density at radius 1 is 0.857 bits per heavy atom. The van der Waals surface area contributed by atoms with Gasteiger partial charge < -0.3 is 5.32 Å². The van der Waals surface area contributed by atoms with E-state index in [-0.39, 0.29) is 18.4 Å². The predicted molar refractivity (Wildman–Crippen MR) is 112 cm³/mol. The Kier molecular flexibility index (Phi) is 6.59. The summed E-state index contributed by atoms with van der Waals surface area (Å²) in [7, 11) is 0. The SMILES string of the molecule is C=C(NNC(=O)CNC(=O)C(c1ccccc1)c1ccccc1)c1cccs1. The first-order valence-corrected chi connectivity index (χ1v) is 9.68. The summed E-state index contributed by atoms with van der Waals surface area (Å²) in [4.78, 5) is 25.9. The maximum atomic E-state index is 12.8. The highest BCUT2D eigenvalue weighted by Crippen LogP contribution is 2.24. The Hall–Kier alpha value is -3.38. The molecule has 0 saturated heterocycles. The third-order valence-corrected chi connectivity index (χ3v) is 5.05. The van der Waals surface area contributed by atoms with E-state index in [1.165, 1.54) is 11.3 Å². The minimum absolute atomic E-state index is 0.139. The van der Waals surface area contributed by atoms with Crippen molar-refractivity contribution in [2.75, 3.05) is 6.54 Å². The molecule has 0 spiro atoms. The van der Waals surface area contributed by atoms with Crippen LogP contribution in [0.3, 0.4) is 0 Å². The monoisotopic (exact) mass is 391 g/mol. The van der Waals surface area contributed by atoms with Gasteiger partial charge in [-0.25, -0.2) is 0 Å². The summed E-state index contributed by atoms with van der Waals surface area (Å²) < 4.78 is 0. The quantitative estimate of drug-likeness (QED) is 0.516. The topological polar surface area (TPSA) is 70.2 Å². The first-order valence-electron chi connectivity index (χ1n) is 8.80. The lowest BCUT2D eigenvalue weighted by atomic mass is 9.90. The van der Waals surface area contributed by atoms with E-state index in [2.05, 4.69) is 22.7 Å². The molecule has 3 N–H and O–H groups in total. The predicted octanol–water partition coefficient (Wildman–Crippen LogP) is 3.29. The number of carbonyl (C=O) groups is 2. The van der Waals surface area contributed by atoms with E-state index in [0.29, 0.717) is 5.70 Å². The number of hydrazine groups is 1. The maximum Gasteiger partial charge on any atom is 0.257 e. The van der Waals surface area contributed by atoms with Crippen molar-refractivity contribution < 1.29 is 9.59 Å². The first kappa shape index (κ1) is 19.4. The molecular weight excluding hydrogens is 370 g/mol. The highest BCUT2D eigenvalue weighted by atomic mass is 32.1. The molecule has 0 aliphatic carbocycles. The Morgan fingerprint density at radius 3 is 2.00 bits per heavy atom. The van der Waals surface area contributed by atoms with E-state index in [9.17, 15) is 9.59 Å². The minimum atomic E-state index is -0.482. The van der Waals surface area contributed by atoms with E-state index in [4.69, 9.17) is 0 Å². The summed E-state index contributed by atoms with van der Waals surface area (Å²) in [6.45, 7) is 3.73. The normalized spacial score (nSPS) is 10.3. The van der Waals surface area contributed by atoms with Gasteiger partial charge in [0.1, 0.15) is 0 Å². The van der Waals surface area contributed by atoms with Crippen LogP contribution in [0, 0.1) is 0 Å². The summed E-state index contributed by atoms with van der Waals surface area (Å²) in [5, 5.41) is 4.65. The fourth-order valence-electron chi connectivity index (χ4n) is 2.76. The number of amides is 2. The van der Waals surface area contributed by atoms with Crippen LogP contribution < -0.4 is 16.2 Å². The van der Waals surface area contributed by atoms with Crippen LogP contribution in [0.15, 0.2) is 84.8 Å². The summed E-state index contributed by atoms with van der Waals surface area (Å²) >= 11 is 1.52. The largest absolute Gasteiger partial charge is 0.346 e. The smallest absolute Gasteiger partial charge is 0.257 e. The molecule has 2 amide bonds. The van der Waals surface area contributed by atoms with E-state index < -0.39 is 5.92 Å². The van der Waals surface area contributed by atoms with Gasteiger partial charge in [0.05, 0.1) is 23.0 Å². The molecule has 0 saturated carbocycles. The Morgan fingerprint density at radius 2 is 1.46 bits per heavy atom. The van der Waals surface area contributed by atoms with Crippen LogP contribution in [0.25, 0.3) is 5.70 Å². The second-order valence-electron chi connectivity index (χ2n) is 6.10. The number of nitrogens with one attached hydrogen (secondary N) is 3. The average molecular weight is 391 g/mol. The van der Waals surface area contributed by atoms with E-state index in [1.807, 2.05) is 78.2 Å². The van der Waals surface area contributed by atoms with Crippen LogP contribution in [-0.2, 0) is 9.59 Å². The van der Waals surface area contributed by atoms with Gasteiger partial charge in [-0.15, -0.1) is 11.3 Å². The first-order chi connectivity index (χ1) is 13.6. The summed E-state index contributed by atoms with van der Waals surface area (Å²) in [6, 6.07) is 22.8. The van der Waals surface area contributed by atoms with Gasteiger partial charge in [0, 0.05) is 0 Å². The zero-order chi connectivity index (χ0) is 19.8. The number of benzene rings is 2. The molecule has 0 aliphatic heterocycles. The van der Waals surface area contributed by atoms with Crippen molar-refractivity contribution in [2.24, 2.45) is 0 Å². The third kappa shape index (κ3) is 5.08. The average Bonchev–Trinajstić information content (AvgIpc) is 3.27. The van der Waals surface area contributed by atoms with E-state index in [0.717, 1.165) is 16.0 Å². The van der Waals surface area contributed by atoms with Crippen LogP contribution in [0.4, 0.5) is 0 Å². The van der Waals surface area contributed by atoms with Gasteiger partial charge in [0.15, 0.2) is 0 Å². The van der Waals surface area contributed by atoms with E-state index >= 15 is 0 Å². The van der Waals surface area contributed by atoms with Crippen molar-refractivity contribution in [3.05, 3.63) is 101 Å². The number of rotatable bonds is 8. The molecule has 0 unspecified atom stereocenters. The summed E-state index contributed by atoms with van der Waals surface area (Å²) in [5.74, 6) is -1.07. The molecule has 0 fully saturated rings. The van der Waals surface area contributed by atoms with Crippen LogP contribution in [0.2, 0.25) is 0 Å². The van der Waals surface area contributed by atoms with Gasteiger partial charge in [0.25, 0.3) is 5.91 Å². The zero-order valence-electron chi connectivity index (χ0n) is 15.2. The lowest BCUT2D eigenvalue weighted by molar-refractivity contribution is -0.126. The van der Waals surface area contributed by atoms with Crippen LogP contribution >= 0.6 is 11.3 Å². The number of hydrogen-bond donors (Lipinski definition) is 3. The molecule has 0 atom stereocenters. The van der Waals surface area contributed by atoms with Gasteiger partial charge in [-0.3, -0.25) is 20.4 Å². The third-order valence-electron chi connectivity index (χ3n) is 4.12. The highest BCUT2D eigenvalue weighted by Gasteiger charge is 2.22. The van der Waals surface area contributed by atoms with Crippen molar-refractivity contribution in [3.8, 4) is 0 Å². The molecule has 5 nitrogen and oxygen atoms in total. The Labute approximate surface area is 168 Å². The number of carbonyl (C=O) groups excluding carboxylic acids is 2. The van der Waals surface area contributed by atoms with Gasteiger partial charge in [-0.05, 0) is 22.6 Å². The highest BCUT2D eigenvalue weighted by molar-refractivity contribution is 7.11. The summed E-state index contributed by atoms with van der Waals surface area (Å²) in [5.41, 5.74) is 7.65. The van der Waals surface area contributed by atoms with Crippen LogP contribution in [0.5, 0.6) is 0 Å². The van der Waals surface area contributed by atoms with Crippen molar-refractivity contribution in [1.29, 1.82) is 0 Å². The number of thiophene rings is 1. The lowest BCUT2D eigenvalue weighted by Crippen LogP contribution is -2.43. The Balaban J connectivity index is 1.59. The molecule has 3 rings (SSSR count). The molecule has 142 valence electrons. The lowest BCUT2D eigenvalue weighted by Gasteiger charge is -2.18. The van der Waals surface area contributed by atoms with Crippen LogP contribution in [-0.4, -0.2) is 18.4 Å². The van der Waals surface area contributed by atoms with Gasteiger partial charge >= 0.3 is 0 Å². The van der Waals surface area contributed by atoms with Crippen molar-refractivity contribution in [3.63, 3.8) is 0 Å². The Bertz CT molecular complexity index is 885. The van der Waals surface area contributed by atoms with Crippen molar-refractivity contribution in [1.82, 2.24) is 16.2 Å². The molecule has 0 bridgehead atoms. The van der Waals surface area contributed by atoms with E-state index in [1.54, 1.807) is 0 Å². The molecule has 2 aromatic carbocycles. The van der Waals surface area contributed by atoms with Crippen molar-refractivity contribution >= 4 is 28.8 Å². The fraction of sp³-hybridized carbons (Fsp3) is 0.0909. The standard InChI is InChI=1S/C22H21N3O2S/c1-16(19-13-8-14-28-19)24-25-20(26)15-23-22(27)21(17-9-4-2-5-10-17)18-11-6-3-7-12-18/h2-14,21,24H,1,15H2,(H,23,27)(H,25,26). The van der Waals surface area contributed by atoms with Crippen molar-refractivity contribution in [2.45, 2.75) is 5.92 Å². The second kappa shape index (κ2) is 9.53. The molecule has 28 heavy (non-hydrogen) atoms. The molecule has 0 radical (unpaired) electrons. The van der Waals surface area contributed by atoms with Gasteiger partial charge in [0.2, 0.25) is 5.91 Å². The molecule has 6 heteroatoms. The molecule has 1 aromatic heterocycles. The summed E-state index contributed by atoms with van der Waals surface area (Å²) in [6.07, 6.45) is 0. The molecule has 0 aliphatic rings. The van der Waals surface area contributed by atoms with Gasteiger partial charge in [-0.2, -0.15) is 0 Å². The number of hydrogen-bond acceptors (Lipinski definition) is 4. The molecular formula is C22H21N3O2S. The van der Waals surface area contributed by atoms with Gasteiger partial charge in [-0.1, -0.05) is 73.3 Å². The minimum Gasteiger partial charge on any atom is -0.346 e.